The molecule has 2 heterocycles. The first-order valence-corrected chi connectivity index (χ1v) is 19.5. The number of rotatable bonds is 6. The van der Waals surface area contributed by atoms with Crippen LogP contribution in [0.4, 0.5) is 17.1 Å². The lowest BCUT2D eigenvalue weighted by atomic mass is 9.93. The molecule has 0 fully saturated rings. The van der Waals surface area contributed by atoms with Crippen LogP contribution in [0.2, 0.25) is 0 Å². The van der Waals surface area contributed by atoms with Gasteiger partial charge in [0.25, 0.3) is 0 Å². The number of anilines is 3. The molecule has 0 aliphatic rings. The highest BCUT2D eigenvalue weighted by atomic mass is 32.1. The predicted octanol–water partition coefficient (Wildman–Crippen LogP) is 15.6. The van der Waals surface area contributed by atoms with Crippen LogP contribution in [0.15, 0.2) is 205 Å². The second-order valence-corrected chi connectivity index (χ2v) is 15.1. The van der Waals surface area contributed by atoms with Crippen molar-refractivity contribution in [2.24, 2.45) is 0 Å². The van der Waals surface area contributed by atoms with Crippen molar-refractivity contribution in [1.82, 2.24) is 0 Å². The largest absolute Gasteiger partial charge is 0.456 e. The summed E-state index contributed by atoms with van der Waals surface area (Å²) in [6, 6.07) is 72.2. The maximum Gasteiger partial charge on any atom is 0.137 e. The van der Waals surface area contributed by atoms with E-state index in [1.54, 1.807) is 0 Å². The smallest absolute Gasteiger partial charge is 0.137 e. The summed E-state index contributed by atoms with van der Waals surface area (Å²) in [4.78, 5) is 2.38. The van der Waals surface area contributed by atoms with Crippen molar-refractivity contribution >= 4 is 81.3 Å². The average Bonchev–Trinajstić information content (AvgIpc) is 3.82. The van der Waals surface area contributed by atoms with Crippen LogP contribution in [0.3, 0.4) is 0 Å². The summed E-state index contributed by atoms with van der Waals surface area (Å²) in [6.07, 6.45) is 0. The molecule has 2 aromatic heterocycles. The molecule has 55 heavy (non-hydrogen) atoms. The molecule has 0 atom stereocenters. The third-order valence-electron chi connectivity index (χ3n) is 10.9. The van der Waals surface area contributed by atoms with Crippen LogP contribution in [0.5, 0.6) is 0 Å². The molecule has 11 aromatic rings. The Balaban J connectivity index is 1.09. The van der Waals surface area contributed by atoms with Gasteiger partial charge in [0.2, 0.25) is 0 Å². The molecule has 0 spiro atoms. The maximum atomic E-state index is 6.46. The lowest BCUT2D eigenvalue weighted by Crippen LogP contribution is -2.11. The van der Waals surface area contributed by atoms with Gasteiger partial charge in [-0.25, -0.2) is 0 Å². The zero-order valence-corrected chi connectivity index (χ0v) is 30.6. The fraction of sp³-hybridized carbons (Fsp3) is 0. The van der Waals surface area contributed by atoms with Crippen LogP contribution in [0.1, 0.15) is 0 Å². The molecule has 0 bridgehead atoms. The molecule has 0 saturated carbocycles. The second kappa shape index (κ2) is 12.9. The Labute approximate surface area is 322 Å². The van der Waals surface area contributed by atoms with Gasteiger partial charge in [-0.2, -0.15) is 0 Å². The number of nitrogens with zero attached hydrogens (tertiary/aromatic N) is 1. The first kappa shape index (κ1) is 31.6. The van der Waals surface area contributed by atoms with E-state index < -0.39 is 0 Å². The van der Waals surface area contributed by atoms with Gasteiger partial charge in [-0.1, -0.05) is 140 Å². The molecule has 0 radical (unpaired) electrons. The Bertz CT molecular complexity index is 3220. The highest BCUT2D eigenvalue weighted by Gasteiger charge is 2.21. The van der Waals surface area contributed by atoms with E-state index in [1.807, 2.05) is 23.5 Å². The zero-order chi connectivity index (χ0) is 36.3. The Morgan fingerprint density at radius 1 is 0.364 bits per heavy atom. The Morgan fingerprint density at radius 2 is 0.982 bits per heavy atom. The van der Waals surface area contributed by atoms with E-state index >= 15 is 0 Å². The van der Waals surface area contributed by atoms with Crippen molar-refractivity contribution in [3.05, 3.63) is 200 Å². The van der Waals surface area contributed by atoms with Gasteiger partial charge >= 0.3 is 0 Å². The molecule has 0 aliphatic carbocycles. The van der Waals surface area contributed by atoms with Gasteiger partial charge < -0.3 is 9.32 Å². The van der Waals surface area contributed by atoms with E-state index in [1.165, 1.54) is 64.3 Å². The topological polar surface area (TPSA) is 16.4 Å². The standard InChI is InChI=1S/C52H33NOS/c1-2-13-36-32-37(25-24-34(36)12-1)41-15-4-3-14-40(41)35-26-28-38(29-27-35)53(39-30-31-44-43-17-6-9-21-48(43)54-49(44)33-39)47-20-8-5-16-42(47)45-19-11-23-51-52(45)46-18-7-10-22-50(46)55-51/h1-33H. The van der Waals surface area contributed by atoms with E-state index in [0.29, 0.717) is 0 Å². The number of fused-ring (bicyclic) bond motifs is 7. The average molecular weight is 720 g/mol. The summed E-state index contributed by atoms with van der Waals surface area (Å²) in [6.45, 7) is 0. The quantitative estimate of drug-likeness (QED) is 0.170. The predicted molar refractivity (Wildman–Crippen MR) is 235 cm³/mol. The monoisotopic (exact) mass is 719 g/mol. The molecule has 3 heteroatoms. The van der Waals surface area contributed by atoms with Gasteiger partial charge in [0.1, 0.15) is 11.2 Å². The van der Waals surface area contributed by atoms with Crippen molar-refractivity contribution in [1.29, 1.82) is 0 Å². The van der Waals surface area contributed by atoms with Crippen LogP contribution in [0, 0.1) is 0 Å². The molecule has 0 N–H and O–H groups in total. The fourth-order valence-electron chi connectivity index (χ4n) is 8.31. The molecular formula is C52H33NOS. The van der Waals surface area contributed by atoms with E-state index in [2.05, 4.69) is 193 Å². The van der Waals surface area contributed by atoms with Crippen LogP contribution in [0.25, 0.3) is 86.3 Å². The molecule has 0 amide bonds. The molecule has 258 valence electrons. The highest BCUT2D eigenvalue weighted by Crippen LogP contribution is 2.47. The number of hydrogen-bond donors (Lipinski definition) is 0. The van der Waals surface area contributed by atoms with Gasteiger partial charge in [0.05, 0.1) is 5.69 Å². The molecule has 2 nitrogen and oxygen atoms in total. The minimum absolute atomic E-state index is 0.869. The molecule has 0 saturated heterocycles. The maximum absolute atomic E-state index is 6.46. The lowest BCUT2D eigenvalue weighted by Gasteiger charge is -2.28. The van der Waals surface area contributed by atoms with Gasteiger partial charge in [-0.15, -0.1) is 11.3 Å². The molecular weight excluding hydrogens is 687 g/mol. The number of benzene rings is 9. The fourth-order valence-corrected chi connectivity index (χ4v) is 9.44. The highest BCUT2D eigenvalue weighted by molar-refractivity contribution is 7.25. The molecule has 0 unspecified atom stereocenters. The number of thiophene rings is 1. The Morgan fingerprint density at radius 3 is 1.85 bits per heavy atom. The number of para-hydroxylation sites is 2. The van der Waals surface area contributed by atoms with Crippen molar-refractivity contribution < 1.29 is 4.42 Å². The second-order valence-electron chi connectivity index (χ2n) is 14.1. The van der Waals surface area contributed by atoms with Crippen LogP contribution in [-0.2, 0) is 0 Å². The van der Waals surface area contributed by atoms with Gasteiger partial charge in [-0.3, -0.25) is 0 Å². The van der Waals surface area contributed by atoms with Crippen molar-refractivity contribution in [2.75, 3.05) is 4.90 Å². The van der Waals surface area contributed by atoms with E-state index in [9.17, 15) is 0 Å². The number of furan rings is 1. The molecule has 11 rings (SSSR count). The van der Waals surface area contributed by atoms with E-state index in [-0.39, 0.29) is 0 Å². The third kappa shape index (κ3) is 5.32. The van der Waals surface area contributed by atoms with Crippen molar-refractivity contribution in [3.63, 3.8) is 0 Å². The molecule has 9 aromatic carbocycles. The number of hydrogen-bond acceptors (Lipinski definition) is 3. The zero-order valence-electron chi connectivity index (χ0n) is 29.8. The summed E-state index contributed by atoms with van der Waals surface area (Å²) < 4.78 is 9.05. The first-order chi connectivity index (χ1) is 27.3. The summed E-state index contributed by atoms with van der Waals surface area (Å²) in [7, 11) is 0. The van der Waals surface area contributed by atoms with Gasteiger partial charge in [-0.05, 0) is 93.2 Å². The minimum atomic E-state index is 0.869. The normalized spacial score (nSPS) is 11.6. The summed E-state index contributed by atoms with van der Waals surface area (Å²) in [5.41, 5.74) is 12.2. The minimum Gasteiger partial charge on any atom is -0.456 e. The van der Waals surface area contributed by atoms with Crippen LogP contribution in [-0.4, -0.2) is 0 Å². The summed E-state index contributed by atoms with van der Waals surface area (Å²) in [5.74, 6) is 0. The summed E-state index contributed by atoms with van der Waals surface area (Å²) >= 11 is 1.85. The lowest BCUT2D eigenvalue weighted by molar-refractivity contribution is 0.669. The third-order valence-corrected chi connectivity index (χ3v) is 12.0. The molecule has 0 aliphatic heterocycles. The van der Waals surface area contributed by atoms with Gasteiger partial charge in [0.15, 0.2) is 0 Å². The van der Waals surface area contributed by atoms with Crippen LogP contribution < -0.4 is 4.90 Å². The van der Waals surface area contributed by atoms with E-state index in [4.69, 9.17) is 4.42 Å². The SMILES string of the molecule is c1ccc(-c2ccc3ccccc3c2)c(-c2ccc(N(c3ccc4c(c3)oc3ccccc34)c3ccccc3-c3cccc4sc5ccccc5c34)cc2)c1. The Kier molecular flexibility index (Phi) is 7.39. The first-order valence-electron chi connectivity index (χ1n) is 18.7. The van der Waals surface area contributed by atoms with Crippen molar-refractivity contribution in [3.8, 4) is 33.4 Å². The van der Waals surface area contributed by atoms with Gasteiger partial charge in [0, 0.05) is 53.9 Å². The van der Waals surface area contributed by atoms with Crippen LogP contribution >= 0.6 is 11.3 Å². The van der Waals surface area contributed by atoms with E-state index in [0.717, 1.165) is 39.0 Å². The Hall–Kier alpha value is -6.94. The summed E-state index contributed by atoms with van der Waals surface area (Å²) in [5, 5.41) is 7.32. The van der Waals surface area contributed by atoms with Crippen molar-refractivity contribution in [2.45, 2.75) is 0 Å².